The monoisotopic (exact) mass is 971 g/mol. The predicted molar refractivity (Wildman–Crippen MR) is 293 cm³/mol. The maximum absolute atomic E-state index is 12.9. The van der Waals surface area contributed by atoms with Crippen LogP contribution in [0.1, 0.15) is 232 Å². The minimum Gasteiger partial charge on any atom is -0.756 e. The number of carbonyl (C=O) groups excluding carboxylic acids is 1. The van der Waals surface area contributed by atoms with E-state index in [0.29, 0.717) is 17.4 Å². The molecule has 9 heteroatoms. The van der Waals surface area contributed by atoms with Gasteiger partial charge in [-0.25, -0.2) is 0 Å². The van der Waals surface area contributed by atoms with Crippen LogP contribution in [0, 0.1) is 0 Å². The van der Waals surface area contributed by atoms with E-state index >= 15 is 0 Å². The summed E-state index contributed by atoms with van der Waals surface area (Å²) in [7, 11) is 1.23. The van der Waals surface area contributed by atoms with Gasteiger partial charge in [0.1, 0.15) is 13.2 Å². The number of amides is 1. The maximum Gasteiger partial charge on any atom is 0.268 e. The first kappa shape index (κ1) is 65.7. The van der Waals surface area contributed by atoms with Gasteiger partial charge >= 0.3 is 0 Å². The van der Waals surface area contributed by atoms with Gasteiger partial charge in [0.15, 0.2) is 0 Å². The molecule has 3 unspecified atom stereocenters. The molecular weight excluding hydrogens is 864 g/mol. The molecule has 0 heterocycles. The number of carbonyl (C=O) groups is 1. The van der Waals surface area contributed by atoms with Gasteiger partial charge in [0.05, 0.1) is 39.9 Å². The normalized spacial score (nSPS) is 14.6. The maximum atomic E-state index is 12.9. The van der Waals surface area contributed by atoms with E-state index in [-0.39, 0.29) is 12.5 Å². The van der Waals surface area contributed by atoms with Crippen molar-refractivity contribution in [1.29, 1.82) is 0 Å². The Kier molecular flexibility index (Phi) is 48.0. The lowest BCUT2D eigenvalue weighted by Crippen LogP contribution is -2.45. The van der Waals surface area contributed by atoms with Gasteiger partial charge in [-0.3, -0.25) is 9.36 Å². The van der Waals surface area contributed by atoms with Crippen molar-refractivity contribution in [3.63, 3.8) is 0 Å². The largest absolute Gasteiger partial charge is 0.756 e. The quantitative estimate of drug-likeness (QED) is 0.0272. The van der Waals surface area contributed by atoms with Gasteiger partial charge in [-0.15, -0.1) is 0 Å². The summed E-state index contributed by atoms with van der Waals surface area (Å²) >= 11 is 0. The molecule has 0 radical (unpaired) electrons. The lowest BCUT2D eigenvalue weighted by Gasteiger charge is -2.29. The summed E-state index contributed by atoms with van der Waals surface area (Å²) in [5.41, 5.74) is 0. The molecule has 0 aromatic rings. The number of hydrogen-bond donors (Lipinski definition) is 2. The summed E-state index contributed by atoms with van der Waals surface area (Å²) in [5.74, 6) is -0.213. The van der Waals surface area contributed by atoms with Crippen molar-refractivity contribution in [2.75, 3.05) is 40.9 Å². The van der Waals surface area contributed by atoms with Crippen molar-refractivity contribution >= 4 is 13.7 Å². The lowest BCUT2D eigenvalue weighted by atomic mass is 10.0. The summed E-state index contributed by atoms with van der Waals surface area (Å²) in [5, 5.41) is 13.8. The number of quaternary nitrogens is 1. The van der Waals surface area contributed by atoms with E-state index in [0.717, 1.165) is 70.6 Å². The smallest absolute Gasteiger partial charge is 0.268 e. The number of nitrogens with one attached hydrogen (secondary N) is 1. The molecule has 3 atom stereocenters. The highest BCUT2D eigenvalue weighted by atomic mass is 31.2. The van der Waals surface area contributed by atoms with Gasteiger partial charge in [-0.1, -0.05) is 227 Å². The van der Waals surface area contributed by atoms with Crippen LogP contribution in [0.15, 0.2) is 85.1 Å². The molecule has 0 aliphatic rings. The molecule has 8 nitrogen and oxygen atoms in total. The molecule has 0 aromatic heterocycles. The first-order chi connectivity index (χ1) is 33.0. The molecule has 0 spiro atoms. The summed E-state index contributed by atoms with van der Waals surface area (Å²) in [6, 6.07) is -0.913. The van der Waals surface area contributed by atoms with Crippen LogP contribution in [0.5, 0.6) is 0 Å². The van der Waals surface area contributed by atoms with E-state index in [1.807, 2.05) is 27.2 Å². The predicted octanol–water partition coefficient (Wildman–Crippen LogP) is 16.2. The number of rotatable bonds is 50. The van der Waals surface area contributed by atoms with E-state index < -0.39 is 26.6 Å². The summed E-state index contributed by atoms with van der Waals surface area (Å²) in [4.78, 5) is 25.5. The Morgan fingerprint density at radius 1 is 0.529 bits per heavy atom. The molecule has 0 saturated heterocycles. The fourth-order valence-corrected chi connectivity index (χ4v) is 8.43. The SMILES string of the molecule is CC/C=C\C/C=C\C/C=C\C/C=C\CCCCCCCCCCCCCCCCCCC(=O)NC(COP(=O)([O-])OCC[N+](C)(C)C)C(O)/C=C/CC/C=C/CC/C=C/CCCCCCCCC. The standard InChI is InChI=1S/C59H107N2O6P/c1-6-8-10-12-14-16-18-20-22-24-25-26-27-28-29-30-31-32-33-34-35-37-39-41-43-45-47-49-51-53-59(63)60-57(56-67-68(64,65)66-55-54-61(3,4)5)58(62)52-50-48-46-44-42-40-38-36-23-21-19-17-15-13-11-9-7-2/h8,10,14,16,20,22-23,25-26,36,42,44,50,52,57-58,62H,6-7,9,11-13,15,17-19,21,24,27-35,37-41,43,45-49,51,53-56H2,1-5H3,(H-,60,63,64,65)/b10-8-,16-14-,22-20-,26-25-,36-23+,44-42+,52-50+. The van der Waals surface area contributed by atoms with E-state index in [9.17, 15) is 19.4 Å². The molecule has 394 valence electrons. The number of aliphatic hydroxyl groups is 1. The number of hydrogen-bond acceptors (Lipinski definition) is 6. The van der Waals surface area contributed by atoms with Gasteiger partial charge in [-0.2, -0.15) is 0 Å². The second-order valence-corrected chi connectivity index (χ2v) is 21.3. The average molecular weight is 971 g/mol. The summed E-state index contributed by atoms with van der Waals surface area (Å²) < 4.78 is 23.3. The van der Waals surface area contributed by atoms with Gasteiger partial charge in [0, 0.05) is 6.42 Å². The Bertz CT molecular complexity index is 1380. The highest BCUT2D eigenvalue weighted by molar-refractivity contribution is 7.45. The van der Waals surface area contributed by atoms with Crippen molar-refractivity contribution in [2.45, 2.75) is 244 Å². The molecule has 0 rings (SSSR count). The van der Waals surface area contributed by atoms with Crippen molar-refractivity contribution in [2.24, 2.45) is 0 Å². The molecular formula is C59H107N2O6P. The molecule has 0 saturated carbocycles. The van der Waals surface area contributed by atoms with Gasteiger partial charge in [-0.05, 0) is 83.5 Å². The van der Waals surface area contributed by atoms with Crippen LogP contribution in [0.2, 0.25) is 0 Å². The summed E-state index contributed by atoms with van der Waals surface area (Å²) in [6.07, 6.45) is 69.4. The van der Waals surface area contributed by atoms with Crippen LogP contribution < -0.4 is 10.2 Å². The Labute approximate surface area is 420 Å². The molecule has 0 bridgehead atoms. The van der Waals surface area contributed by atoms with E-state index in [4.69, 9.17) is 9.05 Å². The van der Waals surface area contributed by atoms with Crippen LogP contribution in [0.4, 0.5) is 0 Å². The number of phosphoric acid groups is 1. The molecule has 0 aliphatic carbocycles. The molecule has 0 aromatic carbocycles. The second-order valence-electron chi connectivity index (χ2n) is 19.9. The zero-order chi connectivity index (χ0) is 49.9. The van der Waals surface area contributed by atoms with E-state index in [1.54, 1.807) is 6.08 Å². The Hall–Kier alpha value is -2.32. The average Bonchev–Trinajstić information content (AvgIpc) is 3.30. The van der Waals surface area contributed by atoms with Crippen molar-refractivity contribution < 1.29 is 32.9 Å². The van der Waals surface area contributed by atoms with Crippen molar-refractivity contribution in [3.05, 3.63) is 85.1 Å². The van der Waals surface area contributed by atoms with Gasteiger partial charge < -0.3 is 28.8 Å². The fraction of sp³-hybridized carbons (Fsp3) is 0.746. The first-order valence-electron chi connectivity index (χ1n) is 27.9. The topological polar surface area (TPSA) is 108 Å². The number of phosphoric ester groups is 1. The lowest BCUT2D eigenvalue weighted by molar-refractivity contribution is -0.870. The van der Waals surface area contributed by atoms with Gasteiger partial charge in [0.25, 0.3) is 7.82 Å². The molecule has 1 amide bonds. The minimum absolute atomic E-state index is 0.0115. The number of allylic oxidation sites excluding steroid dienone is 13. The van der Waals surface area contributed by atoms with Gasteiger partial charge in [0.2, 0.25) is 5.91 Å². The second kappa shape index (κ2) is 49.7. The Morgan fingerprint density at radius 2 is 0.912 bits per heavy atom. The first-order valence-corrected chi connectivity index (χ1v) is 29.4. The van der Waals surface area contributed by atoms with Crippen molar-refractivity contribution in [3.8, 4) is 0 Å². The Balaban J connectivity index is 4.21. The zero-order valence-electron chi connectivity index (χ0n) is 44.8. The summed E-state index contributed by atoms with van der Waals surface area (Å²) in [6.45, 7) is 4.50. The van der Waals surface area contributed by atoms with E-state index in [1.165, 1.54) is 141 Å². The minimum atomic E-state index is -4.61. The number of nitrogens with zero attached hydrogens (tertiary/aromatic N) is 1. The van der Waals surface area contributed by atoms with Crippen LogP contribution in [-0.4, -0.2) is 68.5 Å². The highest BCUT2D eigenvalue weighted by Crippen LogP contribution is 2.38. The number of likely N-dealkylation sites (N-methyl/N-ethyl adjacent to an activating group) is 1. The zero-order valence-corrected chi connectivity index (χ0v) is 45.7. The fourth-order valence-electron chi connectivity index (χ4n) is 7.71. The molecule has 68 heavy (non-hydrogen) atoms. The van der Waals surface area contributed by atoms with Crippen LogP contribution in [-0.2, 0) is 18.4 Å². The highest BCUT2D eigenvalue weighted by Gasteiger charge is 2.23. The van der Waals surface area contributed by atoms with Crippen LogP contribution >= 0.6 is 7.82 Å². The molecule has 2 N–H and O–H groups in total. The third-order valence-corrected chi connectivity index (χ3v) is 13.0. The third-order valence-electron chi connectivity index (χ3n) is 12.1. The number of unbranched alkanes of at least 4 members (excludes halogenated alkanes) is 25. The van der Waals surface area contributed by atoms with Crippen LogP contribution in [0.3, 0.4) is 0 Å². The third kappa shape index (κ3) is 51.5. The molecule has 0 aliphatic heterocycles. The van der Waals surface area contributed by atoms with Crippen LogP contribution in [0.25, 0.3) is 0 Å². The molecule has 0 fully saturated rings. The van der Waals surface area contributed by atoms with Crippen molar-refractivity contribution in [1.82, 2.24) is 5.32 Å². The number of aliphatic hydroxyl groups excluding tert-OH is 1. The van der Waals surface area contributed by atoms with E-state index in [2.05, 4.69) is 92.1 Å². The Morgan fingerprint density at radius 3 is 1.37 bits per heavy atom.